The maximum atomic E-state index is 14.5. The van der Waals surface area contributed by atoms with Gasteiger partial charge in [0.1, 0.15) is 11.6 Å². The molecule has 4 rings (SSSR count). The van der Waals surface area contributed by atoms with Crippen LogP contribution in [0.25, 0.3) is 10.1 Å². The molecule has 33 heavy (non-hydrogen) atoms. The van der Waals surface area contributed by atoms with Crippen molar-refractivity contribution in [3.63, 3.8) is 0 Å². The molecule has 0 saturated carbocycles. The van der Waals surface area contributed by atoms with E-state index in [1.165, 1.54) is 47.7 Å². The largest absolute Gasteiger partial charge is 0.573 e. The monoisotopic (exact) mass is 475 g/mol. The van der Waals surface area contributed by atoms with E-state index in [-0.39, 0.29) is 12.3 Å². The lowest BCUT2D eigenvalue weighted by Crippen LogP contribution is -2.18. The zero-order valence-corrected chi connectivity index (χ0v) is 18.0. The maximum Gasteiger partial charge on any atom is 0.573 e. The minimum Gasteiger partial charge on any atom is -0.478 e. The fourth-order valence-electron chi connectivity index (χ4n) is 3.52. The Bertz CT molecular complexity index is 1320. The topological polar surface area (TPSA) is 49.8 Å². The Kier molecular flexibility index (Phi) is 5.99. The van der Waals surface area contributed by atoms with Crippen molar-refractivity contribution in [2.75, 3.05) is 4.90 Å². The van der Waals surface area contributed by atoms with Gasteiger partial charge in [0.05, 0.1) is 10.6 Å². The maximum absolute atomic E-state index is 14.5. The molecule has 0 spiro atoms. The van der Waals surface area contributed by atoms with Crippen LogP contribution in [0.5, 0.6) is 5.75 Å². The molecule has 0 bridgehead atoms. The molecule has 4 aromatic rings. The molecule has 1 heterocycles. The fourth-order valence-corrected chi connectivity index (χ4v) is 4.75. The number of anilines is 2. The number of fused-ring (bicyclic) bond motifs is 1. The highest BCUT2D eigenvalue weighted by molar-refractivity contribution is 7.23. The SMILES string of the molecule is Cc1c(N(Cc2ccc(OC(F)(F)F)cc2)c2ccc(C(=O)O)c(F)c2)sc2ccccc12. The second-order valence-corrected chi connectivity index (χ2v) is 8.31. The third-order valence-corrected chi connectivity index (χ3v) is 6.35. The Labute approximate surface area is 190 Å². The van der Waals surface area contributed by atoms with Gasteiger partial charge < -0.3 is 14.7 Å². The van der Waals surface area contributed by atoms with Crippen molar-refractivity contribution in [3.8, 4) is 5.75 Å². The molecule has 0 aliphatic carbocycles. The van der Waals surface area contributed by atoms with Crippen molar-refractivity contribution in [3.05, 3.63) is 89.2 Å². The highest BCUT2D eigenvalue weighted by Crippen LogP contribution is 2.42. The molecule has 4 nitrogen and oxygen atoms in total. The van der Waals surface area contributed by atoms with Gasteiger partial charge in [-0.1, -0.05) is 30.3 Å². The van der Waals surface area contributed by atoms with Crippen molar-refractivity contribution >= 4 is 38.1 Å². The minimum atomic E-state index is -4.79. The average Bonchev–Trinajstić information content (AvgIpc) is 3.08. The average molecular weight is 475 g/mol. The van der Waals surface area contributed by atoms with E-state index in [0.29, 0.717) is 11.3 Å². The van der Waals surface area contributed by atoms with Crippen LogP contribution in [-0.4, -0.2) is 17.4 Å². The highest BCUT2D eigenvalue weighted by atomic mass is 32.1. The second kappa shape index (κ2) is 8.74. The van der Waals surface area contributed by atoms with E-state index in [0.717, 1.165) is 26.7 Å². The van der Waals surface area contributed by atoms with Crippen LogP contribution in [0.4, 0.5) is 28.3 Å². The molecule has 0 atom stereocenters. The van der Waals surface area contributed by atoms with Crippen LogP contribution in [0.2, 0.25) is 0 Å². The van der Waals surface area contributed by atoms with Crippen molar-refractivity contribution in [1.29, 1.82) is 0 Å². The van der Waals surface area contributed by atoms with E-state index in [1.54, 1.807) is 0 Å². The molecular formula is C24H17F4NO3S. The van der Waals surface area contributed by atoms with Crippen LogP contribution in [0.15, 0.2) is 66.7 Å². The number of benzene rings is 3. The summed E-state index contributed by atoms with van der Waals surface area (Å²) in [6.07, 6.45) is -4.79. The molecular weight excluding hydrogens is 458 g/mol. The number of thiophene rings is 1. The van der Waals surface area contributed by atoms with Gasteiger partial charge in [-0.2, -0.15) is 0 Å². The lowest BCUT2D eigenvalue weighted by molar-refractivity contribution is -0.274. The van der Waals surface area contributed by atoms with E-state index in [9.17, 15) is 22.4 Å². The highest BCUT2D eigenvalue weighted by Gasteiger charge is 2.31. The lowest BCUT2D eigenvalue weighted by Gasteiger charge is -2.25. The first kappa shape index (κ1) is 22.6. The summed E-state index contributed by atoms with van der Waals surface area (Å²) in [5.74, 6) is -2.59. The first-order chi connectivity index (χ1) is 15.6. The van der Waals surface area contributed by atoms with E-state index < -0.39 is 23.7 Å². The first-order valence-corrected chi connectivity index (χ1v) is 10.6. The second-order valence-electron chi connectivity index (χ2n) is 7.28. The summed E-state index contributed by atoms with van der Waals surface area (Å²) in [4.78, 5) is 13.0. The molecule has 0 unspecified atom stereocenters. The lowest BCUT2D eigenvalue weighted by atomic mass is 10.1. The Balaban J connectivity index is 1.75. The van der Waals surface area contributed by atoms with Gasteiger partial charge in [-0.05, 0) is 59.8 Å². The predicted molar refractivity (Wildman–Crippen MR) is 119 cm³/mol. The molecule has 0 fully saturated rings. The standard InChI is InChI=1S/C24H17F4NO3S/c1-14-18-4-2-3-5-21(18)33-22(14)29(16-8-11-19(23(30)31)20(25)12-16)13-15-6-9-17(10-7-15)32-24(26,27)28/h2-12H,13H2,1H3,(H,30,31). The number of halogens is 4. The number of hydrogen-bond acceptors (Lipinski definition) is 4. The zero-order chi connectivity index (χ0) is 23.8. The Morgan fingerprint density at radius 3 is 2.36 bits per heavy atom. The number of aryl methyl sites for hydroxylation is 1. The van der Waals surface area contributed by atoms with Gasteiger partial charge in [-0.15, -0.1) is 24.5 Å². The smallest absolute Gasteiger partial charge is 0.478 e. The Hall–Kier alpha value is -3.59. The van der Waals surface area contributed by atoms with Gasteiger partial charge in [0.2, 0.25) is 0 Å². The van der Waals surface area contributed by atoms with Gasteiger partial charge in [0, 0.05) is 16.9 Å². The van der Waals surface area contributed by atoms with Gasteiger partial charge >= 0.3 is 12.3 Å². The van der Waals surface area contributed by atoms with E-state index in [4.69, 9.17) is 5.11 Å². The summed E-state index contributed by atoms with van der Waals surface area (Å²) in [6, 6.07) is 17.0. The van der Waals surface area contributed by atoms with Gasteiger partial charge in [0.15, 0.2) is 0 Å². The number of hydrogen-bond donors (Lipinski definition) is 1. The number of carboxylic acids is 1. The molecule has 1 N–H and O–H groups in total. The summed E-state index contributed by atoms with van der Waals surface area (Å²) in [6.45, 7) is 2.15. The third-order valence-electron chi connectivity index (χ3n) is 5.06. The molecule has 0 radical (unpaired) electrons. The number of aromatic carboxylic acids is 1. The van der Waals surface area contributed by atoms with Crippen LogP contribution in [0.3, 0.4) is 0 Å². The van der Waals surface area contributed by atoms with Gasteiger partial charge in [0.25, 0.3) is 0 Å². The van der Waals surface area contributed by atoms with Crippen LogP contribution >= 0.6 is 11.3 Å². The number of carbonyl (C=O) groups is 1. The first-order valence-electron chi connectivity index (χ1n) is 9.75. The van der Waals surface area contributed by atoms with E-state index >= 15 is 0 Å². The van der Waals surface area contributed by atoms with Crippen LogP contribution in [0, 0.1) is 12.7 Å². The van der Waals surface area contributed by atoms with Gasteiger partial charge in [-0.25, -0.2) is 9.18 Å². The molecule has 0 amide bonds. The van der Waals surface area contributed by atoms with E-state index in [2.05, 4.69) is 4.74 Å². The molecule has 3 aromatic carbocycles. The summed E-state index contributed by atoms with van der Waals surface area (Å²) in [7, 11) is 0. The predicted octanol–water partition coefficient (Wildman–Crippen LogP) is 7.28. The van der Waals surface area contributed by atoms with Gasteiger partial charge in [-0.3, -0.25) is 0 Å². The molecule has 9 heteroatoms. The normalized spacial score (nSPS) is 11.5. The number of ether oxygens (including phenoxy) is 1. The fraction of sp³-hybridized carbons (Fsp3) is 0.125. The molecule has 0 saturated heterocycles. The summed E-state index contributed by atoms with van der Waals surface area (Å²) in [5, 5.41) is 11.0. The Morgan fingerprint density at radius 1 is 1.06 bits per heavy atom. The van der Waals surface area contributed by atoms with Crippen LogP contribution in [-0.2, 0) is 6.54 Å². The molecule has 1 aromatic heterocycles. The summed E-state index contributed by atoms with van der Waals surface area (Å²) in [5.41, 5.74) is 1.59. The number of carboxylic acid groups (broad SMARTS) is 1. The quantitative estimate of drug-likeness (QED) is 0.298. The summed E-state index contributed by atoms with van der Waals surface area (Å²) >= 11 is 1.49. The van der Waals surface area contributed by atoms with Crippen molar-refractivity contribution in [2.24, 2.45) is 0 Å². The van der Waals surface area contributed by atoms with Crippen molar-refractivity contribution in [1.82, 2.24) is 0 Å². The van der Waals surface area contributed by atoms with Crippen molar-refractivity contribution < 1.29 is 32.2 Å². The zero-order valence-electron chi connectivity index (χ0n) is 17.2. The van der Waals surface area contributed by atoms with Crippen LogP contribution < -0.4 is 9.64 Å². The number of nitrogens with zero attached hydrogens (tertiary/aromatic N) is 1. The van der Waals surface area contributed by atoms with Crippen molar-refractivity contribution in [2.45, 2.75) is 19.8 Å². The molecule has 0 aliphatic rings. The Morgan fingerprint density at radius 2 is 1.76 bits per heavy atom. The minimum absolute atomic E-state index is 0.214. The van der Waals surface area contributed by atoms with Crippen LogP contribution in [0.1, 0.15) is 21.5 Å². The molecule has 0 aliphatic heterocycles. The van der Waals surface area contributed by atoms with E-state index in [1.807, 2.05) is 36.1 Å². The number of rotatable bonds is 6. The number of alkyl halides is 3. The third kappa shape index (κ3) is 4.93. The molecule has 170 valence electrons. The summed E-state index contributed by atoms with van der Waals surface area (Å²) < 4.78 is 56.8.